The van der Waals surface area contributed by atoms with E-state index in [9.17, 15) is 4.39 Å². The summed E-state index contributed by atoms with van der Waals surface area (Å²) >= 11 is 0. The van der Waals surface area contributed by atoms with Crippen molar-refractivity contribution in [2.24, 2.45) is 0 Å². The molecule has 5 nitrogen and oxygen atoms in total. The zero-order valence-corrected chi connectivity index (χ0v) is 18.4. The summed E-state index contributed by atoms with van der Waals surface area (Å²) in [6.45, 7) is 3.04. The molecule has 0 aliphatic carbocycles. The molecule has 2 aromatic heterocycles. The summed E-state index contributed by atoms with van der Waals surface area (Å²) in [4.78, 5) is 4.79. The molecule has 1 aliphatic heterocycles. The number of likely N-dealkylation sites (tertiary alicyclic amines) is 1. The second-order valence-electron chi connectivity index (χ2n) is 8.58. The maximum Gasteiger partial charge on any atom is 0.152 e. The zero-order valence-electron chi connectivity index (χ0n) is 18.4. The normalized spacial score (nSPS) is 16.8. The summed E-state index contributed by atoms with van der Waals surface area (Å²) in [6.07, 6.45) is 4.83. The van der Waals surface area contributed by atoms with Crippen LogP contribution in [0.25, 0.3) is 28.3 Å². The smallest absolute Gasteiger partial charge is 0.152 e. The van der Waals surface area contributed by atoms with Gasteiger partial charge in [0.25, 0.3) is 0 Å². The van der Waals surface area contributed by atoms with Crippen LogP contribution in [0.15, 0.2) is 77.5 Å². The Balaban J connectivity index is 1.45. The van der Waals surface area contributed by atoms with Gasteiger partial charge in [-0.25, -0.2) is 9.07 Å². The van der Waals surface area contributed by atoms with Crippen LogP contribution in [0.3, 0.4) is 0 Å². The fourth-order valence-corrected chi connectivity index (χ4v) is 4.48. The molecule has 0 N–H and O–H groups in total. The molecule has 5 rings (SSSR count). The van der Waals surface area contributed by atoms with Gasteiger partial charge in [-0.15, -0.1) is 0 Å². The van der Waals surface area contributed by atoms with E-state index in [-0.39, 0.29) is 5.82 Å². The Morgan fingerprint density at radius 1 is 1.06 bits per heavy atom. The summed E-state index contributed by atoms with van der Waals surface area (Å²) < 4.78 is 21.0. The maximum atomic E-state index is 13.3. The van der Waals surface area contributed by atoms with Crippen molar-refractivity contribution in [3.63, 3.8) is 0 Å². The Hall–Kier alpha value is -3.22. The lowest BCUT2D eigenvalue weighted by Gasteiger charge is -2.24. The molecule has 32 heavy (non-hydrogen) atoms. The molecular weight excluding hydrogens is 403 g/mol. The number of nitrogens with zero attached hydrogens (tertiary/aromatic N) is 4. The van der Waals surface area contributed by atoms with Crippen LogP contribution in [0.1, 0.15) is 12.0 Å². The highest BCUT2D eigenvalue weighted by Crippen LogP contribution is 2.30. The molecule has 3 heterocycles. The van der Waals surface area contributed by atoms with Crippen LogP contribution < -0.4 is 0 Å². The predicted octanol–water partition coefficient (Wildman–Crippen LogP) is 5.07. The number of rotatable bonds is 6. The van der Waals surface area contributed by atoms with Gasteiger partial charge in [0.2, 0.25) is 0 Å². The number of halogens is 1. The van der Waals surface area contributed by atoms with E-state index in [0.29, 0.717) is 6.04 Å². The number of hydrogen-bond acceptors (Lipinski definition) is 4. The van der Waals surface area contributed by atoms with Crippen molar-refractivity contribution >= 4 is 0 Å². The van der Waals surface area contributed by atoms with Gasteiger partial charge in [-0.05, 0) is 74.6 Å². The van der Waals surface area contributed by atoms with Gasteiger partial charge in [-0.1, -0.05) is 24.3 Å². The first-order valence-corrected chi connectivity index (χ1v) is 10.9. The van der Waals surface area contributed by atoms with E-state index in [1.807, 2.05) is 47.3 Å². The van der Waals surface area contributed by atoms with Crippen LogP contribution in [0, 0.1) is 5.82 Å². The lowest BCUT2D eigenvalue weighted by molar-refractivity contribution is 0.234. The first kappa shape index (κ1) is 20.7. The highest BCUT2D eigenvalue weighted by atomic mass is 19.1. The monoisotopic (exact) mass is 430 g/mol. The SMILES string of the molecule is CN1CCC(N(C)Cc2cnn(-c3ccc(-c4ccc(F)cc4)cc3)c2-c2ccco2)C1. The fraction of sp³-hybridized carbons (Fsp3) is 0.269. The minimum absolute atomic E-state index is 0.230. The molecule has 0 amide bonds. The molecule has 164 valence electrons. The van der Waals surface area contributed by atoms with Crippen molar-refractivity contribution in [2.75, 3.05) is 27.2 Å². The van der Waals surface area contributed by atoms with Crippen molar-refractivity contribution < 1.29 is 8.81 Å². The van der Waals surface area contributed by atoms with Gasteiger partial charge in [0, 0.05) is 24.7 Å². The van der Waals surface area contributed by atoms with Crippen LogP contribution in [-0.4, -0.2) is 52.8 Å². The molecule has 2 aromatic carbocycles. The molecule has 1 aliphatic rings. The highest BCUT2D eigenvalue weighted by Gasteiger charge is 2.25. The molecular formula is C26H27FN4O. The Morgan fingerprint density at radius 2 is 1.78 bits per heavy atom. The second kappa shape index (κ2) is 8.73. The maximum absolute atomic E-state index is 13.3. The third kappa shape index (κ3) is 4.11. The van der Waals surface area contributed by atoms with E-state index in [4.69, 9.17) is 9.52 Å². The summed E-state index contributed by atoms with van der Waals surface area (Å²) in [5.74, 6) is 0.573. The topological polar surface area (TPSA) is 37.4 Å². The zero-order chi connectivity index (χ0) is 22.1. The molecule has 1 saturated heterocycles. The Labute approximate surface area is 187 Å². The predicted molar refractivity (Wildman–Crippen MR) is 124 cm³/mol. The Bertz CT molecular complexity index is 1170. The lowest BCUT2D eigenvalue weighted by Crippen LogP contribution is -2.33. The van der Waals surface area contributed by atoms with Gasteiger partial charge < -0.3 is 9.32 Å². The van der Waals surface area contributed by atoms with Gasteiger partial charge in [-0.2, -0.15) is 5.10 Å². The molecule has 6 heteroatoms. The van der Waals surface area contributed by atoms with Crippen molar-refractivity contribution in [3.05, 3.63) is 84.5 Å². The fourth-order valence-electron chi connectivity index (χ4n) is 4.48. The van der Waals surface area contributed by atoms with Gasteiger partial charge >= 0.3 is 0 Å². The summed E-state index contributed by atoms with van der Waals surface area (Å²) in [5, 5.41) is 4.72. The van der Waals surface area contributed by atoms with Gasteiger partial charge in [0.1, 0.15) is 11.5 Å². The van der Waals surface area contributed by atoms with Crippen LogP contribution in [0.5, 0.6) is 0 Å². The van der Waals surface area contributed by atoms with Gasteiger partial charge in [-0.3, -0.25) is 4.90 Å². The van der Waals surface area contributed by atoms with Crippen molar-refractivity contribution in [1.82, 2.24) is 19.6 Å². The molecule has 0 saturated carbocycles. The standard InChI is InChI=1S/C26H27FN4O/c1-29-14-13-24(18-29)30(2)17-21-16-28-31(26(21)25-4-3-15-32-25)23-11-7-20(8-12-23)19-5-9-22(27)10-6-19/h3-12,15-16,24H,13-14,17-18H2,1-2H3. The summed E-state index contributed by atoms with van der Waals surface area (Å²) in [6, 6.07) is 19.1. The summed E-state index contributed by atoms with van der Waals surface area (Å²) in [5.41, 5.74) is 5.08. The molecule has 4 aromatic rings. The number of likely N-dealkylation sites (N-methyl/N-ethyl adjacent to an activating group) is 2. The molecule has 0 spiro atoms. The highest BCUT2D eigenvalue weighted by molar-refractivity contribution is 5.66. The van der Waals surface area contributed by atoms with E-state index < -0.39 is 0 Å². The number of aromatic nitrogens is 2. The van der Waals surface area contributed by atoms with E-state index in [1.54, 1.807) is 18.4 Å². The average Bonchev–Trinajstić information content (AvgIpc) is 3.55. The largest absolute Gasteiger partial charge is 0.463 e. The third-order valence-electron chi connectivity index (χ3n) is 6.30. The molecule has 0 radical (unpaired) electrons. The van der Waals surface area contributed by atoms with Crippen LogP contribution >= 0.6 is 0 Å². The number of hydrogen-bond donors (Lipinski definition) is 0. The number of furan rings is 1. The minimum atomic E-state index is -0.230. The van der Waals surface area contributed by atoms with Crippen LogP contribution in [0.2, 0.25) is 0 Å². The van der Waals surface area contributed by atoms with E-state index in [1.165, 1.54) is 18.6 Å². The first-order chi connectivity index (χ1) is 15.6. The second-order valence-corrected chi connectivity index (χ2v) is 8.58. The molecule has 1 atom stereocenters. The first-order valence-electron chi connectivity index (χ1n) is 10.9. The lowest BCUT2D eigenvalue weighted by atomic mass is 10.1. The van der Waals surface area contributed by atoms with E-state index >= 15 is 0 Å². The van der Waals surface area contributed by atoms with Crippen molar-refractivity contribution in [3.8, 4) is 28.3 Å². The third-order valence-corrected chi connectivity index (χ3v) is 6.30. The van der Waals surface area contributed by atoms with Crippen molar-refractivity contribution in [1.29, 1.82) is 0 Å². The van der Waals surface area contributed by atoms with Crippen molar-refractivity contribution in [2.45, 2.75) is 19.0 Å². The minimum Gasteiger partial charge on any atom is -0.463 e. The Kier molecular flexibility index (Phi) is 5.64. The molecule has 1 fully saturated rings. The van der Waals surface area contributed by atoms with E-state index in [2.05, 4.69) is 23.9 Å². The van der Waals surface area contributed by atoms with Crippen LogP contribution in [-0.2, 0) is 6.54 Å². The average molecular weight is 431 g/mol. The van der Waals surface area contributed by atoms with Gasteiger partial charge in [0.05, 0.1) is 18.1 Å². The van der Waals surface area contributed by atoms with Crippen LogP contribution in [0.4, 0.5) is 4.39 Å². The molecule has 0 bridgehead atoms. The Morgan fingerprint density at radius 3 is 2.41 bits per heavy atom. The number of benzene rings is 2. The van der Waals surface area contributed by atoms with Gasteiger partial charge in [0.15, 0.2) is 5.76 Å². The molecule has 1 unspecified atom stereocenters. The quantitative estimate of drug-likeness (QED) is 0.428. The summed E-state index contributed by atoms with van der Waals surface area (Å²) in [7, 11) is 4.36. The van der Waals surface area contributed by atoms with E-state index in [0.717, 1.165) is 53.5 Å².